The second-order valence-electron chi connectivity index (χ2n) is 7.05. The monoisotopic (exact) mass is 347 g/mol. The largest absolute Gasteiger partial charge is 0.477 e. The van der Waals surface area contributed by atoms with E-state index in [1.54, 1.807) is 0 Å². The van der Waals surface area contributed by atoms with Gasteiger partial charge >= 0.3 is 0 Å². The Kier molecular flexibility index (Phi) is 3.81. The third kappa shape index (κ3) is 3.59. The highest BCUT2D eigenvalue weighted by atomic mass is 16.5. The van der Waals surface area contributed by atoms with Crippen molar-refractivity contribution in [2.45, 2.75) is 38.9 Å². The van der Waals surface area contributed by atoms with Crippen LogP contribution in [0.2, 0.25) is 0 Å². The highest BCUT2D eigenvalue weighted by Crippen LogP contribution is 2.36. The van der Waals surface area contributed by atoms with Crippen molar-refractivity contribution in [2.75, 3.05) is 38.1 Å². The van der Waals surface area contributed by atoms with Crippen molar-refractivity contribution in [3.05, 3.63) is 29.8 Å². The topological polar surface area (TPSA) is 37.4 Å². The van der Waals surface area contributed by atoms with Gasteiger partial charge in [0.15, 0.2) is 0 Å². The van der Waals surface area contributed by atoms with Crippen LogP contribution in [0.25, 0.3) is 10.9 Å². The first kappa shape index (κ1) is 12.5. The maximum absolute atomic E-state index is 7.83. The summed E-state index contributed by atoms with van der Waals surface area (Å²) in [6.07, 6.45) is 2.14. The van der Waals surface area contributed by atoms with E-state index in [0.717, 1.165) is 67.8 Å². The van der Waals surface area contributed by atoms with Crippen LogP contribution in [-0.2, 0) is 6.42 Å². The standard InChI is InChI=1S/C21H29N3O/c1-2-12-24-13-9-16(10-14-24)15-25-21-18-7-5-11-22-20(18)17-6-3-4-8-19(17)23-21/h3-4,6,8,16,22H,2,5,7,9-15H2,1H3/i1T2,2T2. The molecule has 0 bridgehead atoms. The zero-order valence-corrected chi connectivity index (χ0v) is 14.6. The number of aromatic nitrogens is 1. The van der Waals surface area contributed by atoms with E-state index in [2.05, 4.69) is 11.4 Å². The molecule has 0 aliphatic carbocycles. The van der Waals surface area contributed by atoms with Crippen LogP contribution in [0.3, 0.4) is 0 Å². The Morgan fingerprint density at radius 2 is 2.24 bits per heavy atom. The average Bonchev–Trinajstić information content (AvgIpc) is 2.73. The fourth-order valence-corrected chi connectivity index (χ4v) is 3.90. The number of piperidine rings is 1. The predicted molar refractivity (Wildman–Crippen MR) is 104 cm³/mol. The first-order valence-corrected chi connectivity index (χ1v) is 9.29. The zero-order chi connectivity index (χ0) is 20.4. The fraction of sp³-hybridized carbons (Fsp3) is 0.571. The lowest BCUT2D eigenvalue weighted by atomic mass is 9.97. The number of fused-ring (bicyclic) bond motifs is 3. The van der Waals surface area contributed by atoms with Gasteiger partial charge < -0.3 is 15.0 Å². The number of likely N-dealkylation sites (tertiary alicyclic amines) is 1. The molecule has 0 atom stereocenters. The minimum absolute atomic E-state index is 0.156. The third-order valence-electron chi connectivity index (χ3n) is 5.34. The molecule has 4 nitrogen and oxygen atoms in total. The number of ether oxygens (including phenoxy) is 1. The van der Waals surface area contributed by atoms with Crippen LogP contribution in [0.1, 0.15) is 43.6 Å². The van der Waals surface area contributed by atoms with E-state index in [0.29, 0.717) is 12.5 Å². The van der Waals surface area contributed by atoms with E-state index in [1.807, 2.05) is 23.1 Å². The second kappa shape index (κ2) is 7.61. The number of nitrogens with zero attached hydrogens (tertiary/aromatic N) is 2. The molecule has 1 fully saturated rings. The summed E-state index contributed by atoms with van der Waals surface area (Å²) >= 11 is 0. The maximum atomic E-state index is 7.83. The van der Waals surface area contributed by atoms with Crippen molar-refractivity contribution in [1.29, 1.82) is 0 Å². The number of nitrogens with one attached hydrogen (secondary N) is 1. The summed E-state index contributed by atoms with van der Waals surface area (Å²) in [5.74, 6) is 1.16. The van der Waals surface area contributed by atoms with Crippen molar-refractivity contribution in [3.8, 4) is 5.88 Å². The van der Waals surface area contributed by atoms with Gasteiger partial charge in [0.25, 0.3) is 0 Å². The lowest BCUT2D eigenvalue weighted by Gasteiger charge is -2.31. The molecule has 2 aromatic rings. The Hall–Kier alpha value is -1.81. The van der Waals surface area contributed by atoms with E-state index in [9.17, 15) is 0 Å². The van der Waals surface area contributed by atoms with Crippen LogP contribution in [-0.4, -0.2) is 42.7 Å². The third-order valence-corrected chi connectivity index (χ3v) is 5.34. The molecule has 1 N–H and O–H groups in total. The molecule has 0 radical (unpaired) electrons. The second-order valence-corrected chi connectivity index (χ2v) is 7.05. The van der Waals surface area contributed by atoms with Gasteiger partial charge in [0, 0.05) is 23.0 Å². The van der Waals surface area contributed by atoms with Crippen LogP contribution < -0.4 is 10.1 Å². The fourth-order valence-electron chi connectivity index (χ4n) is 3.90. The Bertz CT molecular complexity index is 853. The van der Waals surface area contributed by atoms with E-state index in [-0.39, 0.29) is 6.54 Å². The van der Waals surface area contributed by atoms with Gasteiger partial charge in [0.1, 0.15) is 0 Å². The molecule has 1 aromatic heterocycles. The van der Waals surface area contributed by atoms with Crippen molar-refractivity contribution >= 4 is 16.6 Å². The Balaban J connectivity index is 1.39. The number of hydrogen-bond donors (Lipinski definition) is 1. The molecule has 134 valence electrons. The summed E-state index contributed by atoms with van der Waals surface area (Å²) in [7, 11) is 0. The summed E-state index contributed by atoms with van der Waals surface area (Å²) in [6, 6.07) is 8.18. The van der Waals surface area contributed by atoms with Gasteiger partial charge in [-0.15, -0.1) is 0 Å². The van der Waals surface area contributed by atoms with Crippen LogP contribution in [0.15, 0.2) is 24.3 Å². The number of rotatable bonds is 5. The van der Waals surface area contributed by atoms with E-state index in [1.165, 1.54) is 5.56 Å². The first-order chi connectivity index (χ1) is 13.9. The number of benzene rings is 1. The molecule has 25 heavy (non-hydrogen) atoms. The van der Waals surface area contributed by atoms with E-state index >= 15 is 0 Å². The van der Waals surface area contributed by atoms with Crippen molar-refractivity contribution in [3.63, 3.8) is 0 Å². The minimum atomic E-state index is -1.79. The maximum Gasteiger partial charge on any atom is 0.219 e. The molecule has 0 spiro atoms. The lowest BCUT2D eigenvalue weighted by molar-refractivity contribution is 0.139. The Morgan fingerprint density at radius 1 is 1.36 bits per heavy atom. The molecule has 0 unspecified atom stereocenters. The van der Waals surface area contributed by atoms with Gasteiger partial charge in [0.2, 0.25) is 5.88 Å². The summed E-state index contributed by atoms with van der Waals surface area (Å²) in [5, 5.41) is 4.68. The minimum Gasteiger partial charge on any atom is -0.477 e. The van der Waals surface area contributed by atoms with Gasteiger partial charge in [-0.1, -0.05) is 25.1 Å². The summed E-state index contributed by atoms with van der Waals surface area (Å²) in [6.45, 7) is 1.86. The van der Waals surface area contributed by atoms with Crippen molar-refractivity contribution in [1.82, 2.24) is 9.88 Å². The van der Waals surface area contributed by atoms with Crippen LogP contribution in [0.4, 0.5) is 5.69 Å². The quantitative estimate of drug-likeness (QED) is 0.884. The summed E-state index contributed by atoms with van der Waals surface area (Å²) < 4.78 is 36.6. The Morgan fingerprint density at radius 3 is 3.12 bits per heavy atom. The van der Waals surface area contributed by atoms with Crippen LogP contribution in [0, 0.1) is 5.92 Å². The van der Waals surface area contributed by atoms with Crippen molar-refractivity contribution < 1.29 is 10.2 Å². The lowest BCUT2D eigenvalue weighted by Crippen LogP contribution is -2.36. The SMILES string of the molecule is [3H]C([3H])C([3H])([3H])CN1CCC(COc2nc3ccccc3c3c2CCCN3)CC1. The highest BCUT2D eigenvalue weighted by molar-refractivity contribution is 5.94. The molecule has 0 saturated carbocycles. The number of pyridine rings is 1. The van der Waals surface area contributed by atoms with Gasteiger partial charge in [-0.05, 0) is 63.7 Å². The number of hydrogen-bond acceptors (Lipinski definition) is 4. The molecule has 2 aliphatic heterocycles. The van der Waals surface area contributed by atoms with Gasteiger partial charge in [-0.3, -0.25) is 0 Å². The smallest absolute Gasteiger partial charge is 0.219 e. The van der Waals surface area contributed by atoms with Crippen LogP contribution in [0.5, 0.6) is 5.88 Å². The van der Waals surface area contributed by atoms with E-state index in [4.69, 9.17) is 15.2 Å². The van der Waals surface area contributed by atoms with Gasteiger partial charge in [-0.25, -0.2) is 4.98 Å². The molecular formula is C21H29N3O. The molecule has 4 rings (SSSR count). The Labute approximate surface area is 156 Å². The van der Waals surface area contributed by atoms with Crippen LogP contribution >= 0.6 is 0 Å². The molecule has 1 aromatic carbocycles. The molecule has 0 amide bonds. The molecule has 3 heterocycles. The molecular weight excluding hydrogens is 310 g/mol. The predicted octanol–water partition coefficient (Wildman–Crippen LogP) is 4.09. The highest BCUT2D eigenvalue weighted by Gasteiger charge is 2.22. The van der Waals surface area contributed by atoms with Gasteiger partial charge in [0.05, 0.1) is 17.8 Å². The summed E-state index contributed by atoms with van der Waals surface area (Å²) in [4.78, 5) is 6.83. The zero-order valence-electron chi connectivity index (χ0n) is 18.6. The molecule has 4 heteroatoms. The normalized spacial score (nSPS) is 21.8. The molecule has 1 saturated heterocycles. The van der Waals surface area contributed by atoms with Gasteiger partial charge in [-0.2, -0.15) is 0 Å². The van der Waals surface area contributed by atoms with Crippen molar-refractivity contribution in [2.24, 2.45) is 5.92 Å². The number of para-hydroxylation sites is 1. The first-order valence-electron chi connectivity index (χ1n) is 11.4. The summed E-state index contributed by atoms with van der Waals surface area (Å²) in [5.41, 5.74) is 3.29. The van der Waals surface area contributed by atoms with E-state index < -0.39 is 13.2 Å². The molecule has 2 aliphatic rings. The average molecular weight is 348 g/mol. The number of anilines is 1.